The fourth-order valence-electron chi connectivity index (χ4n) is 2.39. The Morgan fingerprint density at radius 3 is 3.08 bits per heavy atom. The Kier molecular flexibility index (Phi) is 1.87. The number of aldehydes is 1. The van der Waals surface area contributed by atoms with E-state index in [1.165, 1.54) is 12.0 Å². The molecule has 64 valence electrons. The van der Waals surface area contributed by atoms with Crippen LogP contribution in [-0.2, 0) is 4.79 Å². The van der Waals surface area contributed by atoms with Crippen LogP contribution in [0.15, 0.2) is 23.3 Å². The summed E-state index contributed by atoms with van der Waals surface area (Å²) in [4.78, 5) is 10.5. The highest BCUT2D eigenvalue weighted by Gasteiger charge is 2.28. The fraction of sp³-hybridized carbons (Fsp3) is 0.545. The van der Waals surface area contributed by atoms with Gasteiger partial charge in [0.05, 0.1) is 0 Å². The number of hydrogen-bond acceptors (Lipinski definition) is 1. The van der Waals surface area contributed by atoms with Crippen LogP contribution in [-0.4, -0.2) is 6.29 Å². The maximum Gasteiger partial charge on any atom is 0.145 e. The third-order valence-corrected chi connectivity index (χ3v) is 2.99. The largest absolute Gasteiger partial charge is 0.298 e. The van der Waals surface area contributed by atoms with Gasteiger partial charge in [-0.25, -0.2) is 0 Å². The summed E-state index contributed by atoms with van der Waals surface area (Å²) in [6, 6.07) is 0. The molecule has 12 heavy (non-hydrogen) atoms. The van der Waals surface area contributed by atoms with Gasteiger partial charge in [0.15, 0.2) is 0 Å². The maximum absolute atomic E-state index is 10.5. The van der Waals surface area contributed by atoms with Gasteiger partial charge in [-0.2, -0.15) is 0 Å². The highest BCUT2D eigenvalue weighted by atomic mass is 16.1. The smallest absolute Gasteiger partial charge is 0.145 e. The summed E-state index contributed by atoms with van der Waals surface area (Å²) in [5, 5.41) is 0. The van der Waals surface area contributed by atoms with Crippen LogP contribution in [0.2, 0.25) is 0 Å². The van der Waals surface area contributed by atoms with E-state index in [4.69, 9.17) is 0 Å². The molecule has 0 spiro atoms. The zero-order valence-corrected chi connectivity index (χ0v) is 7.42. The Morgan fingerprint density at radius 1 is 1.50 bits per heavy atom. The van der Waals surface area contributed by atoms with Crippen LogP contribution < -0.4 is 0 Å². The summed E-state index contributed by atoms with van der Waals surface area (Å²) in [5.74, 6) is 1.46. The minimum atomic E-state index is 0.730. The van der Waals surface area contributed by atoms with Crippen LogP contribution in [0.3, 0.4) is 0 Å². The van der Waals surface area contributed by atoms with Crippen LogP contribution in [0.1, 0.15) is 26.2 Å². The summed E-state index contributed by atoms with van der Waals surface area (Å²) in [7, 11) is 0. The van der Waals surface area contributed by atoms with Crippen molar-refractivity contribution >= 4 is 6.29 Å². The second-order valence-electron chi connectivity index (χ2n) is 3.98. The molecule has 2 aliphatic rings. The van der Waals surface area contributed by atoms with Crippen molar-refractivity contribution < 1.29 is 4.79 Å². The summed E-state index contributed by atoms with van der Waals surface area (Å²) in [6.07, 6.45) is 8.78. The van der Waals surface area contributed by atoms with Crippen LogP contribution in [0, 0.1) is 11.8 Å². The van der Waals surface area contributed by atoms with E-state index in [1.54, 1.807) is 0 Å². The van der Waals surface area contributed by atoms with Crippen LogP contribution >= 0.6 is 0 Å². The fourth-order valence-corrected chi connectivity index (χ4v) is 2.39. The van der Waals surface area contributed by atoms with Gasteiger partial charge in [0.2, 0.25) is 0 Å². The minimum absolute atomic E-state index is 0.730. The van der Waals surface area contributed by atoms with Crippen molar-refractivity contribution in [2.45, 2.75) is 26.2 Å². The zero-order chi connectivity index (χ0) is 8.55. The molecule has 0 amide bonds. The van der Waals surface area contributed by atoms with E-state index in [2.05, 4.69) is 19.1 Å². The van der Waals surface area contributed by atoms with E-state index < -0.39 is 0 Å². The van der Waals surface area contributed by atoms with Crippen LogP contribution in [0.4, 0.5) is 0 Å². The lowest BCUT2D eigenvalue weighted by Gasteiger charge is -2.22. The lowest BCUT2D eigenvalue weighted by atomic mass is 9.82. The van der Waals surface area contributed by atoms with Crippen molar-refractivity contribution in [2.24, 2.45) is 11.8 Å². The average molecular weight is 162 g/mol. The maximum atomic E-state index is 10.5. The Balaban J connectivity index is 2.11. The van der Waals surface area contributed by atoms with E-state index in [-0.39, 0.29) is 0 Å². The number of allylic oxidation sites excluding steroid dienone is 4. The van der Waals surface area contributed by atoms with Gasteiger partial charge >= 0.3 is 0 Å². The van der Waals surface area contributed by atoms with Gasteiger partial charge in [-0.1, -0.05) is 17.7 Å². The molecule has 1 heteroatoms. The average Bonchev–Trinajstić information content (AvgIpc) is 2.43. The number of carbonyl (C=O) groups excluding carboxylic acids is 1. The lowest BCUT2D eigenvalue weighted by Crippen LogP contribution is -2.13. The van der Waals surface area contributed by atoms with Gasteiger partial charge in [-0.3, -0.25) is 4.79 Å². The standard InChI is InChI=1S/C11H14O/c1-8-4-10-3-2-9(7-12)6-11(10)5-8/h2,4,7,10-11H,3,5-6H2,1H3. The highest BCUT2D eigenvalue weighted by Crippen LogP contribution is 2.39. The van der Waals surface area contributed by atoms with Gasteiger partial charge < -0.3 is 0 Å². The molecule has 2 rings (SSSR count). The number of rotatable bonds is 1. The van der Waals surface area contributed by atoms with Gasteiger partial charge in [-0.05, 0) is 43.6 Å². The summed E-state index contributed by atoms with van der Waals surface area (Å²) in [6.45, 7) is 2.19. The molecule has 0 N–H and O–H groups in total. The van der Waals surface area contributed by atoms with Gasteiger partial charge in [0.25, 0.3) is 0 Å². The molecule has 0 aliphatic heterocycles. The zero-order valence-electron chi connectivity index (χ0n) is 7.42. The molecule has 0 aromatic rings. The molecule has 0 aromatic carbocycles. The van der Waals surface area contributed by atoms with E-state index in [0.717, 1.165) is 36.5 Å². The van der Waals surface area contributed by atoms with Crippen molar-refractivity contribution in [3.8, 4) is 0 Å². The Morgan fingerprint density at radius 2 is 2.33 bits per heavy atom. The molecule has 0 fully saturated rings. The molecule has 0 saturated carbocycles. The molecular formula is C11H14O. The molecule has 2 aliphatic carbocycles. The van der Waals surface area contributed by atoms with Gasteiger partial charge in [-0.15, -0.1) is 0 Å². The van der Waals surface area contributed by atoms with Crippen LogP contribution in [0.25, 0.3) is 0 Å². The number of hydrogen-bond donors (Lipinski definition) is 0. The normalized spacial score (nSPS) is 33.8. The SMILES string of the molecule is CC1=CC2CC=C(C=O)CC2C1. The number of fused-ring (bicyclic) bond motifs is 1. The predicted molar refractivity (Wildman–Crippen MR) is 48.7 cm³/mol. The molecule has 2 unspecified atom stereocenters. The van der Waals surface area contributed by atoms with Crippen molar-refractivity contribution in [1.82, 2.24) is 0 Å². The molecule has 2 atom stereocenters. The van der Waals surface area contributed by atoms with Gasteiger partial charge in [0.1, 0.15) is 6.29 Å². The predicted octanol–water partition coefficient (Wildman–Crippen LogP) is 2.49. The third kappa shape index (κ3) is 1.24. The summed E-state index contributed by atoms with van der Waals surface area (Å²) >= 11 is 0. The first kappa shape index (κ1) is 7.78. The molecule has 0 bridgehead atoms. The van der Waals surface area contributed by atoms with E-state index in [1.807, 2.05) is 0 Å². The molecular weight excluding hydrogens is 148 g/mol. The monoisotopic (exact) mass is 162 g/mol. The Bertz CT molecular complexity index is 260. The van der Waals surface area contributed by atoms with Crippen molar-refractivity contribution in [3.05, 3.63) is 23.3 Å². The Labute approximate surface area is 73.2 Å². The topological polar surface area (TPSA) is 17.1 Å². The van der Waals surface area contributed by atoms with Crippen molar-refractivity contribution in [2.75, 3.05) is 0 Å². The minimum Gasteiger partial charge on any atom is -0.298 e. The quantitative estimate of drug-likeness (QED) is 0.427. The second kappa shape index (κ2) is 2.89. The number of carbonyl (C=O) groups is 1. The summed E-state index contributed by atoms with van der Waals surface area (Å²) in [5.41, 5.74) is 2.52. The Hall–Kier alpha value is -0.850. The molecule has 0 aromatic heterocycles. The third-order valence-electron chi connectivity index (χ3n) is 2.99. The molecule has 0 radical (unpaired) electrons. The first-order valence-corrected chi connectivity index (χ1v) is 4.61. The molecule has 0 heterocycles. The summed E-state index contributed by atoms with van der Waals surface area (Å²) < 4.78 is 0. The van der Waals surface area contributed by atoms with Crippen LogP contribution in [0.5, 0.6) is 0 Å². The van der Waals surface area contributed by atoms with Crippen molar-refractivity contribution in [1.29, 1.82) is 0 Å². The second-order valence-corrected chi connectivity index (χ2v) is 3.98. The lowest BCUT2D eigenvalue weighted by molar-refractivity contribution is -0.105. The van der Waals surface area contributed by atoms with E-state index in [9.17, 15) is 4.79 Å². The molecule has 1 nitrogen and oxygen atoms in total. The van der Waals surface area contributed by atoms with E-state index >= 15 is 0 Å². The van der Waals surface area contributed by atoms with Gasteiger partial charge in [0, 0.05) is 0 Å². The van der Waals surface area contributed by atoms with E-state index in [0.29, 0.717) is 0 Å². The molecule has 0 saturated heterocycles. The van der Waals surface area contributed by atoms with Crippen molar-refractivity contribution in [3.63, 3.8) is 0 Å². The first-order valence-electron chi connectivity index (χ1n) is 4.61. The highest BCUT2D eigenvalue weighted by molar-refractivity contribution is 5.73. The first-order chi connectivity index (χ1) is 5.79.